The molecular formula is C12H14BrF4NO2. The molecule has 0 unspecified atom stereocenters. The molecule has 114 valence electrons. The maximum absolute atomic E-state index is 12.2. The van der Waals surface area contributed by atoms with Crippen molar-refractivity contribution in [3.63, 3.8) is 0 Å². The standard InChI is InChI=1S/C12H14BrF4NO2/c13-9-1-2-10(20-12(16)17)8(5-9)6-18-3-4-19-7-11(14)15/h1-2,5,11-12,18H,3-4,6-7H2. The summed E-state index contributed by atoms with van der Waals surface area (Å²) in [6.07, 6.45) is -2.49. The molecule has 20 heavy (non-hydrogen) atoms. The molecule has 0 saturated heterocycles. The summed E-state index contributed by atoms with van der Waals surface area (Å²) in [4.78, 5) is 0. The zero-order valence-electron chi connectivity index (χ0n) is 10.4. The number of nitrogens with one attached hydrogen (secondary N) is 1. The summed E-state index contributed by atoms with van der Waals surface area (Å²) in [5.41, 5.74) is 0.536. The Labute approximate surface area is 122 Å². The lowest BCUT2D eigenvalue weighted by molar-refractivity contribution is -0.0505. The van der Waals surface area contributed by atoms with E-state index < -0.39 is 19.6 Å². The van der Waals surface area contributed by atoms with Crippen LogP contribution in [0.3, 0.4) is 0 Å². The van der Waals surface area contributed by atoms with Crippen molar-refractivity contribution < 1.29 is 27.0 Å². The van der Waals surface area contributed by atoms with Gasteiger partial charge in [0.15, 0.2) is 0 Å². The van der Waals surface area contributed by atoms with Crippen LogP contribution < -0.4 is 10.1 Å². The van der Waals surface area contributed by atoms with Crippen molar-refractivity contribution >= 4 is 15.9 Å². The zero-order valence-corrected chi connectivity index (χ0v) is 12.0. The summed E-state index contributed by atoms with van der Waals surface area (Å²) in [6, 6.07) is 4.66. The number of ether oxygens (including phenoxy) is 2. The van der Waals surface area contributed by atoms with Gasteiger partial charge in [0.05, 0.1) is 6.61 Å². The first-order valence-electron chi connectivity index (χ1n) is 5.79. The van der Waals surface area contributed by atoms with Crippen LogP contribution in [0.15, 0.2) is 22.7 Å². The fourth-order valence-corrected chi connectivity index (χ4v) is 1.85. The zero-order chi connectivity index (χ0) is 15.0. The first kappa shape index (κ1) is 17.2. The van der Waals surface area contributed by atoms with E-state index in [2.05, 4.69) is 30.7 Å². The first-order chi connectivity index (χ1) is 9.49. The normalized spacial score (nSPS) is 11.3. The molecule has 0 aliphatic carbocycles. The second-order valence-corrected chi connectivity index (χ2v) is 4.69. The SMILES string of the molecule is FC(F)COCCNCc1cc(Br)ccc1OC(F)F. The summed E-state index contributed by atoms with van der Waals surface area (Å²) in [6.45, 7) is -2.81. The second kappa shape index (κ2) is 9.15. The van der Waals surface area contributed by atoms with E-state index in [0.717, 1.165) is 4.47 Å². The molecule has 0 atom stereocenters. The van der Waals surface area contributed by atoms with Crippen molar-refractivity contribution in [2.75, 3.05) is 19.8 Å². The number of rotatable bonds is 9. The number of hydrogen-bond donors (Lipinski definition) is 1. The topological polar surface area (TPSA) is 30.5 Å². The Hall–Kier alpha value is -0.860. The van der Waals surface area contributed by atoms with Gasteiger partial charge in [-0.3, -0.25) is 0 Å². The third kappa shape index (κ3) is 7.06. The molecule has 0 aliphatic heterocycles. The summed E-state index contributed by atoms with van der Waals surface area (Å²) in [7, 11) is 0. The lowest BCUT2D eigenvalue weighted by Crippen LogP contribution is -2.21. The highest BCUT2D eigenvalue weighted by molar-refractivity contribution is 9.10. The van der Waals surface area contributed by atoms with Crippen molar-refractivity contribution in [1.29, 1.82) is 0 Å². The molecule has 0 heterocycles. The minimum atomic E-state index is -2.90. The van der Waals surface area contributed by atoms with E-state index in [0.29, 0.717) is 12.1 Å². The number of benzene rings is 1. The third-order valence-corrected chi connectivity index (χ3v) is 2.71. The van der Waals surface area contributed by atoms with E-state index in [1.165, 1.54) is 6.07 Å². The molecule has 0 aromatic heterocycles. The predicted molar refractivity (Wildman–Crippen MR) is 69.3 cm³/mol. The molecule has 0 aliphatic rings. The largest absolute Gasteiger partial charge is 0.434 e. The van der Waals surface area contributed by atoms with Crippen molar-refractivity contribution in [3.05, 3.63) is 28.2 Å². The van der Waals surface area contributed by atoms with Gasteiger partial charge in [-0.05, 0) is 18.2 Å². The number of alkyl halides is 4. The van der Waals surface area contributed by atoms with Crippen LogP contribution in [-0.2, 0) is 11.3 Å². The maximum atomic E-state index is 12.2. The van der Waals surface area contributed by atoms with Gasteiger partial charge in [0.25, 0.3) is 6.43 Å². The first-order valence-corrected chi connectivity index (χ1v) is 6.58. The van der Waals surface area contributed by atoms with Crippen LogP contribution in [0.4, 0.5) is 17.6 Å². The minimum absolute atomic E-state index is 0.0733. The predicted octanol–water partition coefficient (Wildman–Crippen LogP) is 3.42. The van der Waals surface area contributed by atoms with Gasteiger partial charge in [-0.2, -0.15) is 8.78 Å². The average molecular weight is 360 g/mol. The van der Waals surface area contributed by atoms with Gasteiger partial charge in [0.1, 0.15) is 12.4 Å². The lowest BCUT2D eigenvalue weighted by Gasteiger charge is -2.12. The fraction of sp³-hybridized carbons (Fsp3) is 0.500. The molecule has 1 N–H and O–H groups in total. The Bertz CT molecular complexity index is 407. The van der Waals surface area contributed by atoms with Gasteiger partial charge in [-0.25, -0.2) is 8.78 Å². The quantitative estimate of drug-likeness (QED) is 0.541. The molecule has 0 amide bonds. The van der Waals surface area contributed by atoms with Crippen LogP contribution in [-0.4, -0.2) is 32.8 Å². The number of hydrogen-bond acceptors (Lipinski definition) is 3. The minimum Gasteiger partial charge on any atom is -0.434 e. The molecule has 1 rings (SSSR count). The molecule has 0 fully saturated rings. The molecular weight excluding hydrogens is 346 g/mol. The molecule has 0 bridgehead atoms. The van der Waals surface area contributed by atoms with Crippen LogP contribution in [0, 0.1) is 0 Å². The van der Waals surface area contributed by atoms with Crippen LogP contribution in [0.5, 0.6) is 5.75 Å². The summed E-state index contributed by atoms with van der Waals surface area (Å²) < 4.78 is 57.8. The van der Waals surface area contributed by atoms with Crippen molar-refractivity contribution in [3.8, 4) is 5.75 Å². The molecule has 1 aromatic carbocycles. The highest BCUT2D eigenvalue weighted by Gasteiger charge is 2.10. The van der Waals surface area contributed by atoms with Crippen molar-refractivity contribution in [2.45, 2.75) is 19.6 Å². The highest BCUT2D eigenvalue weighted by atomic mass is 79.9. The van der Waals surface area contributed by atoms with Gasteiger partial charge in [0, 0.05) is 23.1 Å². The lowest BCUT2D eigenvalue weighted by atomic mass is 10.2. The Balaban J connectivity index is 2.40. The molecule has 1 aromatic rings. The van der Waals surface area contributed by atoms with Gasteiger partial charge in [-0.15, -0.1) is 0 Å². The number of halogens is 5. The van der Waals surface area contributed by atoms with E-state index in [4.69, 9.17) is 0 Å². The summed E-state index contributed by atoms with van der Waals surface area (Å²) >= 11 is 3.23. The fourth-order valence-electron chi connectivity index (χ4n) is 1.44. The molecule has 0 radical (unpaired) electrons. The van der Waals surface area contributed by atoms with E-state index >= 15 is 0 Å². The Kier molecular flexibility index (Phi) is 7.86. The molecule has 0 saturated carbocycles. The Morgan fingerprint density at radius 3 is 2.60 bits per heavy atom. The van der Waals surface area contributed by atoms with Crippen LogP contribution >= 0.6 is 15.9 Å². The van der Waals surface area contributed by atoms with Crippen LogP contribution in [0.2, 0.25) is 0 Å². The molecule has 0 spiro atoms. The summed E-state index contributed by atoms with van der Waals surface area (Å²) in [5.74, 6) is 0.0733. The van der Waals surface area contributed by atoms with E-state index in [9.17, 15) is 17.6 Å². The van der Waals surface area contributed by atoms with E-state index in [1.54, 1.807) is 12.1 Å². The van der Waals surface area contributed by atoms with Gasteiger partial charge in [0.2, 0.25) is 0 Å². The van der Waals surface area contributed by atoms with Gasteiger partial charge < -0.3 is 14.8 Å². The Morgan fingerprint density at radius 1 is 1.20 bits per heavy atom. The van der Waals surface area contributed by atoms with Gasteiger partial charge in [-0.1, -0.05) is 15.9 Å². The van der Waals surface area contributed by atoms with E-state index in [-0.39, 0.29) is 18.9 Å². The summed E-state index contributed by atoms with van der Waals surface area (Å²) in [5, 5.41) is 2.90. The molecule has 8 heteroatoms. The van der Waals surface area contributed by atoms with E-state index in [1.807, 2.05) is 0 Å². The Morgan fingerprint density at radius 2 is 1.95 bits per heavy atom. The monoisotopic (exact) mass is 359 g/mol. The second-order valence-electron chi connectivity index (χ2n) is 3.77. The average Bonchev–Trinajstić information content (AvgIpc) is 2.35. The van der Waals surface area contributed by atoms with Crippen LogP contribution in [0.1, 0.15) is 5.56 Å². The smallest absolute Gasteiger partial charge is 0.387 e. The van der Waals surface area contributed by atoms with Gasteiger partial charge >= 0.3 is 6.61 Å². The highest BCUT2D eigenvalue weighted by Crippen LogP contribution is 2.24. The third-order valence-electron chi connectivity index (χ3n) is 2.22. The van der Waals surface area contributed by atoms with Crippen molar-refractivity contribution in [1.82, 2.24) is 5.32 Å². The maximum Gasteiger partial charge on any atom is 0.387 e. The van der Waals surface area contributed by atoms with Crippen molar-refractivity contribution in [2.24, 2.45) is 0 Å². The van der Waals surface area contributed by atoms with Crippen LogP contribution in [0.25, 0.3) is 0 Å². The molecule has 3 nitrogen and oxygen atoms in total.